The fourth-order valence-corrected chi connectivity index (χ4v) is 1.83. The Hall–Kier alpha value is -2.37. The van der Waals surface area contributed by atoms with Crippen LogP contribution in [0.4, 0.5) is 17.6 Å². The highest BCUT2D eigenvalue weighted by Crippen LogP contribution is 2.33. The first-order valence-electron chi connectivity index (χ1n) is 6.49. The van der Waals surface area contributed by atoms with Crippen LogP contribution in [0.25, 0.3) is 0 Å². The lowest BCUT2D eigenvalue weighted by Crippen LogP contribution is -2.11. The van der Waals surface area contributed by atoms with Crippen molar-refractivity contribution in [3.8, 4) is 5.75 Å². The summed E-state index contributed by atoms with van der Waals surface area (Å²) < 4.78 is 55.6. The lowest BCUT2D eigenvalue weighted by molar-refractivity contribution is -0.140. The molecule has 0 radical (unpaired) electrons. The zero-order valence-electron chi connectivity index (χ0n) is 11.6. The summed E-state index contributed by atoms with van der Waals surface area (Å²) in [4.78, 5) is 11.8. The van der Waals surface area contributed by atoms with E-state index in [0.717, 1.165) is 18.1 Å². The second-order valence-electron chi connectivity index (χ2n) is 4.58. The topological polar surface area (TPSA) is 26.3 Å². The number of benzene rings is 2. The zero-order valence-corrected chi connectivity index (χ0v) is 11.6. The van der Waals surface area contributed by atoms with Crippen LogP contribution < -0.4 is 4.74 Å². The van der Waals surface area contributed by atoms with E-state index in [-0.39, 0.29) is 11.3 Å². The van der Waals surface area contributed by atoms with Crippen molar-refractivity contribution in [2.45, 2.75) is 19.5 Å². The molecule has 2 aromatic carbocycles. The molecule has 0 spiro atoms. The SMILES string of the molecule is CCc1ccc(C(=O)Oc2ccc(C(F)(F)F)c(F)c2)cc1. The molecule has 2 aromatic rings. The van der Waals surface area contributed by atoms with Crippen LogP contribution in [0, 0.1) is 5.82 Å². The van der Waals surface area contributed by atoms with Crippen LogP contribution in [-0.4, -0.2) is 5.97 Å². The van der Waals surface area contributed by atoms with E-state index in [1.54, 1.807) is 24.3 Å². The number of carbonyl (C=O) groups is 1. The number of alkyl halides is 3. The highest BCUT2D eigenvalue weighted by atomic mass is 19.4. The van der Waals surface area contributed by atoms with Gasteiger partial charge in [-0.15, -0.1) is 0 Å². The minimum absolute atomic E-state index is 0.234. The first-order valence-corrected chi connectivity index (χ1v) is 6.49. The van der Waals surface area contributed by atoms with Crippen molar-refractivity contribution in [3.63, 3.8) is 0 Å². The maximum Gasteiger partial charge on any atom is 0.419 e. The Kier molecular flexibility index (Phi) is 4.49. The third-order valence-corrected chi connectivity index (χ3v) is 3.05. The van der Waals surface area contributed by atoms with E-state index in [1.165, 1.54) is 0 Å². The van der Waals surface area contributed by atoms with Crippen molar-refractivity contribution in [2.24, 2.45) is 0 Å². The summed E-state index contributed by atoms with van der Waals surface area (Å²) >= 11 is 0. The standard InChI is InChI=1S/C16H12F4O2/c1-2-10-3-5-11(6-4-10)15(21)22-12-7-8-13(14(17)9-12)16(18,19)20/h3-9H,2H2,1H3. The fourth-order valence-electron chi connectivity index (χ4n) is 1.83. The molecule has 0 saturated heterocycles. The van der Waals surface area contributed by atoms with Gasteiger partial charge in [0.25, 0.3) is 0 Å². The maximum atomic E-state index is 13.4. The molecule has 0 fully saturated rings. The molecule has 0 unspecified atom stereocenters. The Morgan fingerprint density at radius 3 is 2.23 bits per heavy atom. The molecule has 2 rings (SSSR count). The van der Waals surface area contributed by atoms with Crippen molar-refractivity contribution in [2.75, 3.05) is 0 Å². The molecule has 0 aliphatic carbocycles. The fraction of sp³-hybridized carbons (Fsp3) is 0.188. The maximum absolute atomic E-state index is 13.4. The molecule has 0 bridgehead atoms. The molecule has 0 aliphatic rings. The number of halogens is 4. The van der Waals surface area contributed by atoms with Crippen molar-refractivity contribution in [1.29, 1.82) is 0 Å². The van der Waals surface area contributed by atoms with Crippen LogP contribution in [0.15, 0.2) is 42.5 Å². The van der Waals surface area contributed by atoms with Crippen LogP contribution >= 0.6 is 0 Å². The third kappa shape index (κ3) is 3.63. The Bertz CT molecular complexity index is 676. The number of aryl methyl sites for hydroxylation is 1. The summed E-state index contributed by atoms with van der Waals surface area (Å²) in [7, 11) is 0. The monoisotopic (exact) mass is 312 g/mol. The molecule has 0 amide bonds. The number of hydrogen-bond acceptors (Lipinski definition) is 2. The minimum atomic E-state index is -4.79. The van der Waals surface area contributed by atoms with Gasteiger partial charge in [0.1, 0.15) is 11.6 Å². The highest BCUT2D eigenvalue weighted by molar-refractivity contribution is 5.91. The van der Waals surface area contributed by atoms with Gasteiger partial charge in [-0.2, -0.15) is 13.2 Å². The van der Waals surface area contributed by atoms with E-state index in [4.69, 9.17) is 4.74 Å². The predicted molar refractivity (Wildman–Crippen MR) is 72.2 cm³/mol. The first kappa shape index (κ1) is 16.0. The van der Waals surface area contributed by atoms with Gasteiger partial charge >= 0.3 is 12.1 Å². The smallest absolute Gasteiger partial charge is 0.419 e. The average molecular weight is 312 g/mol. The number of carbonyl (C=O) groups excluding carboxylic acids is 1. The third-order valence-electron chi connectivity index (χ3n) is 3.05. The second-order valence-corrected chi connectivity index (χ2v) is 4.58. The van der Waals surface area contributed by atoms with Crippen LogP contribution in [0.2, 0.25) is 0 Å². The minimum Gasteiger partial charge on any atom is -0.423 e. The second kappa shape index (κ2) is 6.17. The molecule has 0 N–H and O–H groups in total. The molecule has 0 atom stereocenters. The molecule has 22 heavy (non-hydrogen) atoms. The first-order chi connectivity index (χ1) is 10.3. The van der Waals surface area contributed by atoms with E-state index < -0.39 is 23.5 Å². The van der Waals surface area contributed by atoms with Gasteiger partial charge in [0.2, 0.25) is 0 Å². The molecule has 2 nitrogen and oxygen atoms in total. The Balaban J connectivity index is 2.16. The highest BCUT2D eigenvalue weighted by Gasteiger charge is 2.34. The summed E-state index contributed by atoms with van der Waals surface area (Å²) in [5.74, 6) is -2.53. The van der Waals surface area contributed by atoms with Gasteiger partial charge in [0.15, 0.2) is 0 Å². The van der Waals surface area contributed by atoms with Gasteiger partial charge < -0.3 is 4.74 Å². The van der Waals surface area contributed by atoms with E-state index in [1.807, 2.05) is 6.92 Å². The van der Waals surface area contributed by atoms with E-state index in [2.05, 4.69) is 0 Å². The summed E-state index contributed by atoms with van der Waals surface area (Å²) in [6.07, 6.45) is -3.98. The number of hydrogen-bond donors (Lipinski definition) is 0. The predicted octanol–water partition coefficient (Wildman–Crippen LogP) is 4.63. The van der Waals surface area contributed by atoms with Crippen LogP contribution in [0.1, 0.15) is 28.4 Å². The number of ether oxygens (including phenoxy) is 1. The van der Waals surface area contributed by atoms with Crippen molar-refractivity contribution in [3.05, 3.63) is 65.0 Å². The molecule has 116 valence electrons. The molecular formula is C16H12F4O2. The average Bonchev–Trinajstić information content (AvgIpc) is 2.46. The molecule has 6 heteroatoms. The Morgan fingerprint density at radius 2 is 1.73 bits per heavy atom. The Morgan fingerprint density at radius 1 is 1.09 bits per heavy atom. The summed E-state index contributed by atoms with van der Waals surface area (Å²) in [6, 6.07) is 8.56. The van der Waals surface area contributed by atoms with Crippen molar-refractivity contribution >= 4 is 5.97 Å². The van der Waals surface area contributed by atoms with Gasteiger partial charge in [-0.3, -0.25) is 0 Å². The summed E-state index contributed by atoms with van der Waals surface area (Å²) in [5.41, 5.74) is -0.144. The van der Waals surface area contributed by atoms with E-state index in [0.29, 0.717) is 12.1 Å². The lowest BCUT2D eigenvalue weighted by atomic mass is 10.1. The van der Waals surface area contributed by atoms with Gasteiger partial charge in [-0.25, -0.2) is 9.18 Å². The molecule has 0 heterocycles. The quantitative estimate of drug-likeness (QED) is 0.469. The normalized spacial score (nSPS) is 11.3. The summed E-state index contributed by atoms with van der Waals surface area (Å²) in [5, 5.41) is 0. The van der Waals surface area contributed by atoms with Gasteiger partial charge in [0, 0.05) is 6.07 Å². The van der Waals surface area contributed by atoms with Crippen molar-refractivity contribution in [1.82, 2.24) is 0 Å². The van der Waals surface area contributed by atoms with Gasteiger partial charge in [-0.05, 0) is 36.2 Å². The number of rotatable bonds is 3. The number of esters is 1. The Labute approximate surface area is 124 Å². The van der Waals surface area contributed by atoms with E-state index >= 15 is 0 Å². The zero-order chi connectivity index (χ0) is 16.3. The van der Waals surface area contributed by atoms with Crippen LogP contribution in [0.5, 0.6) is 5.75 Å². The van der Waals surface area contributed by atoms with Gasteiger partial charge in [0.05, 0.1) is 11.1 Å². The largest absolute Gasteiger partial charge is 0.423 e. The summed E-state index contributed by atoms with van der Waals surface area (Å²) in [6.45, 7) is 1.96. The molecule has 0 saturated carbocycles. The van der Waals surface area contributed by atoms with E-state index in [9.17, 15) is 22.4 Å². The van der Waals surface area contributed by atoms with Gasteiger partial charge in [-0.1, -0.05) is 19.1 Å². The molecule has 0 aliphatic heterocycles. The lowest BCUT2D eigenvalue weighted by Gasteiger charge is -2.10. The molecule has 0 aromatic heterocycles. The van der Waals surface area contributed by atoms with Crippen molar-refractivity contribution < 1.29 is 27.1 Å². The van der Waals surface area contributed by atoms with Crippen LogP contribution in [0.3, 0.4) is 0 Å². The van der Waals surface area contributed by atoms with Crippen LogP contribution in [-0.2, 0) is 12.6 Å². The molecular weight excluding hydrogens is 300 g/mol.